The van der Waals surface area contributed by atoms with Gasteiger partial charge in [-0.05, 0) is 12.8 Å². The molecule has 0 aromatic heterocycles. The van der Waals surface area contributed by atoms with Crippen LogP contribution in [-0.4, -0.2) is 5.97 Å². The molecule has 3 heteroatoms. The molecule has 0 heterocycles. The molecular formula is C4H6NaO2. The number of carboxylic acids is 1. The fourth-order valence-corrected chi connectivity index (χ4v) is 0.144. The number of rotatable bonds is 2. The zero-order valence-corrected chi connectivity index (χ0v) is 6.44. The summed E-state index contributed by atoms with van der Waals surface area (Å²) >= 11 is 0. The van der Waals surface area contributed by atoms with E-state index < -0.39 is 5.97 Å². The zero-order chi connectivity index (χ0) is 4.99. The molecule has 0 N–H and O–H groups in total. The Morgan fingerprint density at radius 3 is 2.14 bits per heavy atom. The van der Waals surface area contributed by atoms with E-state index in [2.05, 4.69) is 6.92 Å². The van der Waals surface area contributed by atoms with Crippen LogP contribution in [0.15, 0.2) is 0 Å². The standard InChI is InChI=1S/C4H7O2.Na/c1-2-3-4(5)6;/h1-3H2,(H,5,6);/q;+1/p-1. The summed E-state index contributed by atoms with van der Waals surface area (Å²) in [6.07, 6.45) is 0.488. The predicted molar refractivity (Wildman–Crippen MR) is 19.6 cm³/mol. The summed E-state index contributed by atoms with van der Waals surface area (Å²) in [5.41, 5.74) is 0. The van der Waals surface area contributed by atoms with Crippen LogP contribution in [0.1, 0.15) is 12.8 Å². The summed E-state index contributed by atoms with van der Waals surface area (Å²) in [6, 6.07) is 0. The molecule has 0 aliphatic heterocycles. The van der Waals surface area contributed by atoms with E-state index in [9.17, 15) is 9.90 Å². The smallest absolute Gasteiger partial charge is 0.550 e. The van der Waals surface area contributed by atoms with Crippen molar-refractivity contribution >= 4 is 5.97 Å². The van der Waals surface area contributed by atoms with E-state index in [0.29, 0.717) is 6.42 Å². The van der Waals surface area contributed by atoms with Crippen LogP contribution in [-0.2, 0) is 4.79 Å². The van der Waals surface area contributed by atoms with Crippen molar-refractivity contribution in [1.82, 2.24) is 0 Å². The van der Waals surface area contributed by atoms with Crippen LogP contribution < -0.4 is 34.7 Å². The molecule has 0 bridgehead atoms. The van der Waals surface area contributed by atoms with Gasteiger partial charge in [0.05, 0.1) is 0 Å². The van der Waals surface area contributed by atoms with E-state index >= 15 is 0 Å². The Morgan fingerprint density at radius 2 is 2.14 bits per heavy atom. The Kier molecular flexibility index (Phi) is 9.66. The summed E-state index contributed by atoms with van der Waals surface area (Å²) < 4.78 is 0. The second-order valence-corrected chi connectivity index (χ2v) is 0.976. The van der Waals surface area contributed by atoms with E-state index in [1.807, 2.05) is 0 Å². The summed E-state index contributed by atoms with van der Waals surface area (Å²) in [7, 11) is 0. The first-order valence-electron chi connectivity index (χ1n) is 1.76. The van der Waals surface area contributed by atoms with E-state index in [1.54, 1.807) is 0 Å². The number of carbonyl (C=O) groups excluding carboxylic acids is 1. The first-order valence-corrected chi connectivity index (χ1v) is 1.76. The van der Waals surface area contributed by atoms with Crippen molar-refractivity contribution in [2.75, 3.05) is 0 Å². The van der Waals surface area contributed by atoms with Crippen molar-refractivity contribution in [3.63, 3.8) is 0 Å². The Morgan fingerprint density at radius 1 is 1.71 bits per heavy atom. The van der Waals surface area contributed by atoms with Crippen LogP contribution in [0, 0.1) is 6.92 Å². The van der Waals surface area contributed by atoms with Crippen LogP contribution in [0.4, 0.5) is 0 Å². The summed E-state index contributed by atoms with van der Waals surface area (Å²) in [4.78, 5) is 9.45. The summed E-state index contributed by atoms with van der Waals surface area (Å²) in [5.74, 6) is -1.02. The number of carbonyl (C=O) groups is 1. The number of aliphatic carboxylic acids is 1. The molecule has 35 valence electrons. The molecule has 1 radical (unpaired) electrons. The Hall–Kier alpha value is 0.470. The first kappa shape index (κ1) is 10.5. The summed E-state index contributed by atoms with van der Waals surface area (Å²) in [5, 5.41) is 9.45. The maximum atomic E-state index is 9.45. The molecule has 7 heavy (non-hydrogen) atoms. The molecular weight excluding hydrogens is 103 g/mol. The molecule has 0 aromatic rings. The quantitative estimate of drug-likeness (QED) is 0.343. The van der Waals surface area contributed by atoms with Gasteiger partial charge in [-0.15, -0.1) is 0 Å². The summed E-state index contributed by atoms with van der Waals surface area (Å²) in [6.45, 7) is 3.30. The molecule has 0 atom stereocenters. The van der Waals surface area contributed by atoms with Gasteiger partial charge in [-0.1, -0.05) is 6.92 Å². The van der Waals surface area contributed by atoms with Crippen LogP contribution in [0.25, 0.3) is 0 Å². The van der Waals surface area contributed by atoms with Gasteiger partial charge in [0.25, 0.3) is 0 Å². The topological polar surface area (TPSA) is 40.1 Å². The molecule has 0 spiro atoms. The largest absolute Gasteiger partial charge is 1.00 e. The minimum atomic E-state index is -1.02. The van der Waals surface area contributed by atoms with Crippen molar-refractivity contribution in [3.05, 3.63) is 6.92 Å². The minimum absolute atomic E-state index is 0. The SMILES string of the molecule is [CH2]CCC(=O)[O-].[Na+]. The van der Waals surface area contributed by atoms with Crippen molar-refractivity contribution in [3.8, 4) is 0 Å². The Bertz CT molecular complexity index is 53.7. The van der Waals surface area contributed by atoms with E-state index in [4.69, 9.17) is 0 Å². The van der Waals surface area contributed by atoms with Crippen molar-refractivity contribution in [1.29, 1.82) is 0 Å². The van der Waals surface area contributed by atoms with Crippen LogP contribution >= 0.6 is 0 Å². The average molecular weight is 109 g/mol. The van der Waals surface area contributed by atoms with E-state index in [0.717, 1.165) is 0 Å². The van der Waals surface area contributed by atoms with Gasteiger partial charge >= 0.3 is 29.6 Å². The fraction of sp³-hybridized carbons (Fsp3) is 0.500. The third-order valence-corrected chi connectivity index (χ3v) is 0.381. The zero-order valence-electron chi connectivity index (χ0n) is 4.44. The molecule has 0 fully saturated rings. The monoisotopic (exact) mass is 109 g/mol. The van der Waals surface area contributed by atoms with E-state index in [1.165, 1.54) is 0 Å². The van der Waals surface area contributed by atoms with Gasteiger partial charge in [-0.3, -0.25) is 0 Å². The molecule has 0 unspecified atom stereocenters. The maximum Gasteiger partial charge on any atom is 1.00 e. The van der Waals surface area contributed by atoms with Crippen molar-refractivity contribution in [2.24, 2.45) is 0 Å². The molecule has 0 amide bonds. The third kappa shape index (κ3) is 10.7. The third-order valence-electron chi connectivity index (χ3n) is 0.381. The molecule has 0 saturated heterocycles. The predicted octanol–water partition coefficient (Wildman–Crippen LogP) is -3.65. The fourth-order valence-electron chi connectivity index (χ4n) is 0.144. The number of hydrogen-bond donors (Lipinski definition) is 0. The number of carboxylic acid groups (broad SMARTS) is 1. The number of hydrogen-bond acceptors (Lipinski definition) is 2. The second-order valence-electron chi connectivity index (χ2n) is 0.976. The van der Waals surface area contributed by atoms with Gasteiger partial charge in [-0.2, -0.15) is 0 Å². The van der Waals surface area contributed by atoms with Gasteiger partial charge in [-0.25, -0.2) is 0 Å². The van der Waals surface area contributed by atoms with Gasteiger partial charge in [0.2, 0.25) is 0 Å². The molecule has 2 nitrogen and oxygen atoms in total. The minimum Gasteiger partial charge on any atom is -0.550 e. The molecule has 0 rings (SSSR count). The van der Waals surface area contributed by atoms with Crippen molar-refractivity contribution in [2.45, 2.75) is 12.8 Å². The molecule has 0 aliphatic rings. The first-order chi connectivity index (χ1) is 2.77. The van der Waals surface area contributed by atoms with E-state index in [-0.39, 0.29) is 36.0 Å². The van der Waals surface area contributed by atoms with Gasteiger partial charge < -0.3 is 9.90 Å². The second kappa shape index (κ2) is 6.47. The average Bonchev–Trinajstić information content (AvgIpc) is 1.35. The Balaban J connectivity index is 0. The van der Waals surface area contributed by atoms with Crippen LogP contribution in [0.5, 0.6) is 0 Å². The molecule has 0 aromatic carbocycles. The van der Waals surface area contributed by atoms with Gasteiger partial charge in [0.1, 0.15) is 0 Å². The normalized spacial score (nSPS) is 7.00. The maximum absolute atomic E-state index is 9.45. The van der Waals surface area contributed by atoms with Crippen LogP contribution in [0.3, 0.4) is 0 Å². The molecule has 0 aliphatic carbocycles. The van der Waals surface area contributed by atoms with Crippen molar-refractivity contribution < 1.29 is 39.5 Å². The van der Waals surface area contributed by atoms with Crippen LogP contribution in [0.2, 0.25) is 0 Å². The Labute approximate surface area is 65.2 Å². The molecule has 0 saturated carbocycles. The van der Waals surface area contributed by atoms with Gasteiger partial charge in [0.15, 0.2) is 0 Å². The van der Waals surface area contributed by atoms with Gasteiger partial charge in [0, 0.05) is 5.97 Å².